The fraction of sp³-hybridized carbons (Fsp3) is 0.550. The van der Waals surface area contributed by atoms with Crippen molar-refractivity contribution < 1.29 is 22.8 Å². The Kier molecular flexibility index (Phi) is 6.26. The molecule has 0 bridgehead atoms. The van der Waals surface area contributed by atoms with Gasteiger partial charge in [-0.05, 0) is 44.5 Å². The summed E-state index contributed by atoms with van der Waals surface area (Å²) in [5, 5.41) is 2.79. The fourth-order valence-corrected chi connectivity index (χ4v) is 5.65. The number of rotatable bonds is 6. The van der Waals surface area contributed by atoms with Gasteiger partial charge in [0.15, 0.2) is 9.84 Å². The monoisotopic (exact) mass is 421 g/mol. The topological polar surface area (TPSA) is 104 Å². The van der Waals surface area contributed by atoms with Crippen LogP contribution in [0.5, 0.6) is 0 Å². The van der Waals surface area contributed by atoms with Gasteiger partial charge >= 0.3 is 0 Å². The molecule has 29 heavy (non-hydrogen) atoms. The van der Waals surface area contributed by atoms with E-state index in [1.54, 1.807) is 34.1 Å². The minimum Gasteiger partial charge on any atom is -0.339 e. The molecule has 2 aliphatic heterocycles. The summed E-state index contributed by atoms with van der Waals surface area (Å²) in [5.41, 5.74) is 1.11. The number of carbonyl (C=O) groups is 3. The number of sulfone groups is 1. The predicted octanol–water partition coefficient (Wildman–Crippen LogP) is 1.14. The largest absolute Gasteiger partial charge is 0.339 e. The number of nitrogens with zero attached hydrogens (tertiary/aromatic N) is 2. The van der Waals surface area contributed by atoms with Crippen molar-refractivity contribution >= 4 is 33.2 Å². The molecule has 1 aromatic rings. The maximum Gasteiger partial charge on any atom is 0.253 e. The fourth-order valence-electron chi connectivity index (χ4n) is 3.92. The SMILES string of the molecule is CCN(CC)C(=O)c1ccc(NC(=O)[C@@H]2CC(=O)N([C@H]3CCS(=O)(=O)C3)C2)cc1. The molecule has 3 amide bonds. The van der Waals surface area contributed by atoms with E-state index in [-0.39, 0.29) is 48.2 Å². The third kappa shape index (κ3) is 4.77. The minimum atomic E-state index is -3.09. The first kappa shape index (κ1) is 21.3. The molecule has 0 aromatic heterocycles. The summed E-state index contributed by atoms with van der Waals surface area (Å²) in [4.78, 5) is 40.5. The van der Waals surface area contributed by atoms with E-state index in [1.807, 2.05) is 13.8 Å². The Morgan fingerprint density at radius 2 is 1.83 bits per heavy atom. The first-order valence-electron chi connectivity index (χ1n) is 9.94. The van der Waals surface area contributed by atoms with Crippen molar-refractivity contribution in [2.45, 2.75) is 32.7 Å². The average Bonchev–Trinajstić information content (AvgIpc) is 3.25. The Labute approximate surface area is 171 Å². The van der Waals surface area contributed by atoms with Gasteiger partial charge in [-0.25, -0.2) is 8.42 Å². The van der Waals surface area contributed by atoms with Crippen LogP contribution < -0.4 is 5.32 Å². The highest BCUT2D eigenvalue weighted by Crippen LogP contribution is 2.27. The van der Waals surface area contributed by atoms with Gasteiger partial charge in [-0.3, -0.25) is 14.4 Å². The molecule has 2 heterocycles. The molecule has 2 fully saturated rings. The standard InChI is InChI=1S/C20H27N3O5S/c1-3-22(4-2)20(26)14-5-7-16(8-6-14)21-19(25)15-11-18(24)23(12-15)17-9-10-29(27,28)13-17/h5-8,15,17H,3-4,9-13H2,1-2H3,(H,21,25)/t15-,17+/m1/s1. The second-order valence-electron chi connectivity index (χ2n) is 7.55. The van der Waals surface area contributed by atoms with Crippen LogP contribution in [0.3, 0.4) is 0 Å². The van der Waals surface area contributed by atoms with Gasteiger partial charge in [-0.15, -0.1) is 0 Å². The summed E-state index contributed by atoms with van der Waals surface area (Å²) in [7, 11) is -3.09. The van der Waals surface area contributed by atoms with Crippen molar-refractivity contribution in [3.8, 4) is 0 Å². The highest BCUT2D eigenvalue weighted by Gasteiger charge is 2.41. The van der Waals surface area contributed by atoms with Gasteiger partial charge in [0.1, 0.15) is 0 Å². The molecule has 2 aliphatic rings. The summed E-state index contributed by atoms with van der Waals surface area (Å²) in [6.07, 6.45) is 0.519. The third-order valence-corrected chi connectivity index (χ3v) is 7.38. The zero-order valence-electron chi connectivity index (χ0n) is 16.8. The number of nitrogens with one attached hydrogen (secondary N) is 1. The summed E-state index contributed by atoms with van der Waals surface area (Å²) in [5.74, 6) is -0.942. The Morgan fingerprint density at radius 1 is 1.17 bits per heavy atom. The van der Waals surface area contributed by atoms with E-state index in [2.05, 4.69) is 5.32 Å². The van der Waals surface area contributed by atoms with E-state index in [0.717, 1.165) is 0 Å². The minimum absolute atomic E-state index is 0.0187. The lowest BCUT2D eigenvalue weighted by Gasteiger charge is -2.23. The van der Waals surface area contributed by atoms with Crippen molar-refractivity contribution in [3.63, 3.8) is 0 Å². The van der Waals surface area contributed by atoms with Gasteiger partial charge in [0, 0.05) is 43.3 Å². The molecule has 2 saturated heterocycles. The molecule has 158 valence electrons. The van der Waals surface area contributed by atoms with Crippen molar-refractivity contribution in [1.82, 2.24) is 9.80 Å². The van der Waals surface area contributed by atoms with Crippen LogP contribution in [0, 0.1) is 5.92 Å². The molecule has 0 unspecified atom stereocenters. The Balaban J connectivity index is 1.59. The second kappa shape index (κ2) is 8.52. The summed E-state index contributed by atoms with van der Waals surface area (Å²) in [6, 6.07) is 6.37. The Morgan fingerprint density at radius 3 is 2.38 bits per heavy atom. The van der Waals surface area contributed by atoms with Gasteiger partial charge in [0.05, 0.1) is 17.4 Å². The normalized spacial score (nSPS) is 23.2. The van der Waals surface area contributed by atoms with Crippen LogP contribution in [0.25, 0.3) is 0 Å². The first-order valence-corrected chi connectivity index (χ1v) is 11.8. The molecule has 8 nitrogen and oxygen atoms in total. The highest BCUT2D eigenvalue weighted by atomic mass is 32.2. The zero-order valence-corrected chi connectivity index (χ0v) is 17.6. The van der Waals surface area contributed by atoms with E-state index in [9.17, 15) is 22.8 Å². The second-order valence-corrected chi connectivity index (χ2v) is 9.78. The molecule has 0 radical (unpaired) electrons. The van der Waals surface area contributed by atoms with Crippen molar-refractivity contribution in [2.24, 2.45) is 5.92 Å². The summed E-state index contributed by atoms with van der Waals surface area (Å²) >= 11 is 0. The van der Waals surface area contributed by atoms with E-state index >= 15 is 0 Å². The molecule has 0 aliphatic carbocycles. The van der Waals surface area contributed by atoms with Crippen LogP contribution in [-0.4, -0.2) is 73.1 Å². The van der Waals surface area contributed by atoms with Crippen LogP contribution in [0.4, 0.5) is 5.69 Å². The third-order valence-electron chi connectivity index (χ3n) is 5.63. The number of anilines is 1. The van der Waals surface area contributed by atoms with Crippen LogP contribution >= 0.6 is 0 Å². The lowest BCUT2D eigenvalue weighted by Crippen LogP contribution is -2.38. The summed E-state index contributed by atoms with van der Waals surface area (Å²) in [6.45, 7) is 5.33. The number of benzene rings is 1. The smallest absolute Gasteiger partial charge is 0.253 e. The van der Waals surface area contributed by atoms with Crippen LogP contribution in [0.1, 0.15) is 37.0 Å². The van der Waals surface area contributed by atoms with Gasteiger partial charge in [0.2, 0.25) is 11.8 Å². The molecule has 3 rings (SSSR count). The van der Waals surface area contributed by atoms with Gasteiger partial charge in [-0.1, -0.05) is 0 Å². The Hall–Kier alpha value is -2.42. The number of carbonyl (C=O) groups excluding carboxylic acids is 3. The number of likely N-dealkylation sites (tertiary alicyclic amines) is 1. The Bertz CT molecular complexity index is 893. The number of amides is 3. The molecular formula is C20H27N3O5S. The number of hydrogen-bond donors (Lipinski definition) is 1. The lowest BCUT2D eigenvalue weighted by molar-refractivity contribution is -0.129. The van der Waals surface area contributed by atoms with E-state index < -0.39 is 15.8 Å². The van der Waals surface area contributed by atoms with Crippen molar-refractivity contribution in [2.75, 3.05) is 36.5 Å². The zero-order chi connectivity index (χ0) is 21.2. The molecule has 1 aromatic carbocycles. The number of hydrogen-bond acceptors (Lipinski definition) is 5. The molecule has 0 spiro atoms. The van der Waals surface area contributed by atoms with E-state index in [0.29, 0.717) is 30.8 Å². The quantitative estimate of drug-likeness (QED) is 0.742. The molecular weight excluding hydrogens is 394 g/mol. The van der Waals surface area contributed by atoms with E-state index in [4.69, 9.17) is 0 Å². The maximum absolute atomic E-state index is 12.6. The first-order chi connectivity index (χ1) is 13.7. The maximum atomic E-state index is 12.6. The molecule has 0 saturated carbocycles. The van der Waals surface area contributed by atoms with Crippen molar-refractivity contribution in [3.05, 3.63) is 29.8 Å². The lowest BCUT2D eigenvalue weighted by atomic mass is 10.1. The average molecular weight is 422 g/mol. The van der Waals surface area contributed by atoms with Crippen molar-refractivity contribution in [1.29, 1.82) is 0 Å². The van der Waals surface area contributed by atoms with Crippen LogP contribution in [-0.2, 0) is 19.4 Å². The molecule has 2 atom stereocenters. The molecule has 9 heteroatoms. The van der Waals surface area contributed by atoms with Gasteiger partial charge < -0.3 is 15.1 Å². The van der Waals surface area contributed by atoms with Gasteiger partial charge in [-0.2, -0.15) is 0 Å². The highest BCUT2D eigenvalue weighted by molar-refractivity contribution is 7.91. The van der Waals surface area contributed by atoms with Crippen LogP contribution in [0.2, 0.25) is 0 Å². The summed E-state index contributed by atoms with van der Waals surface area (Å²) < 4.78 is 23.3. The predicted molar refractivity (Wildman–Crippen MR) is 109 cm³/mol. The van der Waals surface area contributed by atoms with Crippen LogP contribution in [0.15, 0.2) is 24.3 Å². The molecule has 1 N–H and O–H groups in total. The van der Waals surface area contributed by atoms with E-state index in [1.165, 1.54) is 0 Å². The van der Waals surface area contributed by atoms with Gasteiger partial charge in [0.25, 0.3) is 5.91 Å².